The lowest BCUT2D eigenvalue weighted by Crippen LogP contribution is -2.50. The van der Waals surface area contributed by atoms with Gasteiger partial charge in [0, 0.05) is 6.42 Å². The monoisotopic (exact) mass is 776 g/mol. The maximum atomic E-state index is 12.4. The van der Waals surface area contributed by atoms with Gasteiger partial charge in [0.2, 0.25) is 5.91 Å². The van der Waals surface area contributed by atoms with Crippen molar-refractivity contribution in [3.8, 4) is 0 Å². The summed E-state index contributed by atoms with van der Waals surface area (Å²) in [5.41, 5.74) is 0. The van der Waals surface area contributed by atoms with Crippen molar-refractivity contribution in [3.05, 3.63) is 24.3 Å². The molecule has 0 bridgehead atoms. The van der Waals surface area contributed by atoms with Gasteiger partial charge in [-0.15, -0.1) is 0 Å². The highest BCUT2D eigenvalue weighted by atomic mass is 16.3. The standard InChI is InChI=1S/C50H97NO4/c1-3-5-7-9-11-13-15-16-17-18-19-20-21-22-23-24-25-26-27-28-29-30-31-32-33-34-35-37-39-41-43-45-49(54)51-47(46-52)50(55)48(53)44-42-40-38-36-14-12-10-8-6-4-2/h22-23,36,38,47-48,50,52-53,55H,3-21,24-35,37,39-46H2,1-2H3,(H,51,54)/b23-22-,38-36+. The van der Waals surface area contributed by atoms with Gasteiger partial charge in [0.15, 0.2) is 0 Å². The van der Waals surface area contributed by atoms with Crippen molar-refractivity contribution in [2.24, 2.45) is 0 Å². The molecular weight excluding hydrogens is 679 g/mol. The molecule has 3 atom stereocenters. The van der Waals surface area contributed by atoms with Crippen LogP contribution < -0.4 is 5.32 Å². The lowest BCUT2D eigenvalue weighted by Gasteiger charge is -2.26. The molecule has 0 saturated carbocycles. The van der Waals surface area contributed by atoms with Crippen molar-refractivity contribution in [3.63, 3.8) is 0 Å². The minimum atomic E-state index is -1.15. The normalized spacial score (nSPS) is 13.6. The van der Waals surface area contributed by atoms with Crippen LogP contribution in [0.3, 0.4) is 0 Å². The van der Waals surface area contributed by atoms with Crippen molar-refractivity contribution >= 4 is 5.91 Å². The minimum absolute atomic E-state index is 0.153. The first-order chi connectivity index (χ1) is 27.1. The van der Waals surface area contributed by atoms with E-state index in [4.69, 9.17) is 0 Å². The van der Waals surface area contributed by atoms with Gasteiger partial charge in [-0.1, -0.05) is 218 Å². The molecule has 0 radical (unpaired) electrons. The Kier molecular flexibility index (Phi) is 44.6. The molecule has 0 aromatic heterocycles. The highest BCUT2D eigenvalue weighted by Gasteiger charge is 2.26. The third kappa shape index (κ3) is 40.8. The number of allylic oxidation sites excluding steroid dienone is 4. The molecule has 0 aliphatic carbocycles. The van der Waals surface area contributed by atoms with Crippen LogP contribution in [0.2, 0.25) is 0 Å². The lowest BCUT2D eigenvalue weighted by molar-refractivity contribution is -0.124. The molecule has 0 aromatic carbocycles. The largest absolute Gasteiger partial charge is 0.394 e. The zero-order valence-corrected chi connectivity index (χ0v) is 37.1. The van der Waals surface area contributed by atoms with Crippen molar-refractivity contribution < 1.29 is 20.1 Å². The molecule has 0 rings (SSSR count). The van der Waals surface area contributed by atoms with Crippen LogP contribution in [-0.2, 0) is 4.79 Å². The molecule has 0 saturated heterocycles. The Morgan fingerprint density at radius 2 is 0.727 bits per heavy atom. The Morgan fingerprint density at radius 3 is 1.05 bits per heavy atom. The number of amides is 1. The minimum Gasteiger partial charge on any atom is -0.394 e. The SMILES string of the molecule is CCCCCCC/C=C/CCCC(O)C(O)C(CO)NC(=O)CCCCCCCCCCCCCCCCC/C=C\CCCCCCCCCCCCCC. The highest BCUT2D eigenvalue weighted by Crippen LogP contribution is 2.16. The lowest BCUT2D eigenvalue weighted by atomic mass is 10.0. The molecular formula is C50H97NO4. The fourth-order valence-electron chi connectivity index (χ4n) is 7.69. The Bertz CT molecular complexity index is 814. The zero-order valence-electron chi connectivity index (χ0n) is 37.1. The van der Waals surface area contributed by atoms with E-state index in [0.717, 1.165) is 38.5 Å². The van der Waals surface area contributed by atoms with Crippen molar-refractivity contribution in [2.75, 3.05) is 6.61 Å². The molecule has 4 N–H and O–H groups in total. The Morgan fingerprint density at radius 1 is 0.436 bits per heavy atom. The second kappa shape index (κ2) is 45.5. The van der Waals surface area contributed by atoms with Gasteiger partial charge in [-0.05, 0) is 64.2 Å². The fourth-order valence-corrected chi connectivity index (χ4v) is 7.69. The number of hydrogen-bond donors (Lipinski definition) is 4. The summed E-state index contributed by atoms with van der Waals surface area (Å²) in [6, 6.07) is -0.822. The zero-order chi connectivity index (χ0) is 40.1. The molecule has 5 nitrogen and oxygen atoms in total. The van der Waals surface area contributed by atoms with E-state index in [-0.39, 0.29) is 12.5 Å². The first-order valence-electron chi connectivity index (χ1n) is 24.6. The molecule has 0 aliphatic rings. The topological polar surface area (TPSA) is 89.8 Å². The molecule has 0 heterocycles. The van der Waals surface area contributed by atoms with Crippen molar-refractivity contribution in [2.45, 2.75) is 283 Å². The fraction of sp³-hybridized carbons (Fsp3) is 0.900. The summed E-state index contributed by atoms with van der Waals surface area (Å²) in [5, 5.41) is 33.4. The maximum Gasteiger partial charge on any atom is 0.220 e. The number of aliphatic hydroxyl groups is 3. The summed E-state index contributed by atoms with van der Waals surface area (Å²) in [6.07, 6.45) is 56.2. The quantitative estimate of drug-likeness (QED) is 0.0366. The predicted octanol–water partition coefficient (Wildman–Crippen LogP) is 14.6. The Balaban J connectivity index is 3.48. The predicted molar refractivity (Wildman–Crippen MR) is 241 cm³/mol. The van der Waals surface area contributed by atoms with E-state index in [9.17, 15) is 20.1 Å². The molecule has 326 valence electrons. The number of carbonyl (C=O) groups excluding carboxylic acids is 1. The highest BCUT2D eigenvalue weighted by molar-refractivity contribution is 5.76. The van der Waals surface area contributed by atoms with Gasteiger partial charge in [-0.2, -0.15) is 0 Å². The molecule has 0 aliphatic heterocycles. The van der Waals surface area contributed by atoms with Crippen LogP contribution in [0, 0.1) is 0 Å². The molecule has 3 unspecified atom stereocenters. The van der Waals surface area contributed by atoms with Gasteiger partial charge >= 0.3 is 0 Å². The van der Waals surface area contributed by atoms with E-state index in [1.54, 1.807) is 0 Å². The maximum absolute atomic E-state index is 12.4. The molecule has 0 aromatic rings. The third-order valence-corrected chi connectivity index (χ3v) is 11.5. The van der Waals surface area contributed by atoms with Crippen LogP contribution in [0.25, 0.3) is 0 Å². The number of rotatable bonds is 45. The second-order valence-electron chi connectivity index (χ2n) is 17.0. The Labute approximate surface area is 343 Å². The smallest absolute Gasteiger partial charge is 0.220 e. The van der Waals surface area contributed by atoms with Crippen molar-refractivity contribution in [1.29, 1.82) is 0 Å². The van der Waals surface area contributed by atoms with E-state index >= 15 is 0 Å². The average molecular weight is 776 g/mol. The van der Waals surface area contributed by atoms with E-state index in [1.807, 2.05) is 0 Å². The van der Waals surface area contributed by atoms with Crippen LogP contribution in [0.15, 0.2) is 24.3 Å². The van der Waals surface area contributed by atoms with Crippen LogP contribution in [-0.4, -0.2) is 46.1 Å². The van der Waals surface area contributed by atoms with Gasteiger partial charge < -0.3 is 20.6 Å². The number of carbonyl (C=O) groups is 1. The third-order valence-electron chi connectivity index (χ3n) is 11.5. The van der Waals surface area contributed by atoms with Gasteiger partial charge in [-0.3, -0.25) is 4.79 Å². The summed E-state index contributed by atoms with van der Waals surface area (Å²) in [7, 11) is 0. The van der Waals surface area contributed by atoms with Gasteiger partial charge in [0.25, 0.3) is 0 Å². The number of aliphatic hydroxyl groups excluding tert-OH is 3. The van der Waals surface area contributed by atoms with Crippen LogP contribution in [0.4, 0.5) is 0 Å². The summed E-state index contributed by atoms with van der Waals surface area (Å²) in [5.74, 6) is -0.153. The van der Waals surface area contributed by atoms with E-state index in [1.165, 1.54) is 199 Å². The molecule has 0 spiro atoms. The summed E-state index contributed by atoms with van der Waals surface area (Å²) < 4.78 is 0. The van der Waals surface area contributed by atoms with Gasteiger partial charge in [0.05, 0.1) is 18.8 Å². The van der Waals surface area contributed by atoms with E-state index < -0.39 is 18.2 Å². The number of nitrogens with one attached hydrogen (secondary N) is 1. The molecule has 55 heavy (non-hydrogen) atoms. The van der Waals surface area contributed by atoms with Gasteiger partial charge in [-0.25, -0.2) is 0 Å². The van der Waals surface area contributed by atoms with E-state index in [2.05, 4.69) is 43.5 Å². The van der Waals surface area contributed by atoms with Crippen LogP contribution >= 0.6 is 0 Å². The summed E-state index contributed by atoms with van der Waals surface area (Å²) in [6.45, 7) is 4.15. The molecule has 0 fully saturated rings. The first kappa shape index (κ1) is 53.8. The first-order valence-corrected chi connectivity index (χ1v) is 24.6. The van der Waals surface area contributed by atoms with Gasteiger partial charge in [0.1, 0.15) is 6.10 Å². The number of hydrogen-bond acceptors (Lipinski definition) is 4. The molecule has 5 heteroatoms. The average Bonchev–Trinajstić information content (AvgIpc) is 3.19. The van der Waals surface area contributed by atoms with Crippen LogP contribution in [0.1, 0.15) is 264 Å². The van der Waals surface area contributed by atoms with Crippen molar-refractivity contribution in [1.82, 2.24) is 5.32 Å². The Hall–Kier alpha value is -1.17. The molecule has 1 amide bonds. The summed E-state index contributed by atoms with van der Waals surface area (Å²) >= 11 is 0. The second-order valence-corrected chi connectivity index (χ2v) is 17.0. The van der Waals surface area contributed by atoms with E-state index in [0.29, 0.717) is 12.8 Å². The summed E-state index contributed by atoms with van der Waals surface area (Å²) in [4.78, 5) is 12.4. The van der Waals surface area contributed by atoms with Crippen LogP contribution in [0.5, 0.6) is 0 Å². The number of unbranched alkanes of at least 4 members (excludes halogenated alkanes) is 33.